The molecule has 18 heavy (non-hydrogen) atoms. The van der Waals surface area contributed by atoms with Gasteiger partial charge in [-0.05, 0) is 0 Å². The molecule has 11 heteroatoms. The third kappa shape index (κ3) is 1.83. The van der Waals surface area contributed by atoms with E-state index in [1.54, 1.807) is 0 Å². The summed E-state index contributed by atoms with van der Waals surface area (Å²) in [5.74, 6) is -15.2. The molecule has 0 spiro atoms. The van der Waals surface area contributed by atoms with Crippen LogP contribution in [0.15, 0.2) is 0 Å². The van der Waals surface area contributed by atoms with Crippen molar-refractivity contribution in [3.8, 4) is 0 Å². The minimum atomic E-state index is -6.15. The average molecular weight is 292 g/mol. The molecule has 1 heterocycles. The van der Waals surface area contributed by atoms with E-state index in [1.807, 2.05) is 0 Å². The first kappa shape index (κ1) is 15.3. The lowest BCUT2D eigenvalue weighted by Crippen LogP contribution is -2.57. The fourth-order valence-corrected chi connectivity index (χ4v) is 1.21. The van der Waals surface area contributed by atoms with E-state index < -0.39 is 36.5 Å². The van der Waals surface area contributed by atoms with Crippen molar-refractivity contribution in [1.29, 1.82) is 0 Å². The van der Waals surface area contributed by atoms with Gasteiger partial charge in [-0.15, -0.1) is 0 Å². The highest BCUT2D eigenvalue weighted by Crippen LogP contribution is 2.58. The van der Waals surface area contributed by atoms with Crippen LogP contribution in [-0.2, 0) is 9.47 Å². The van der Waals surface area contributed by atoms with Crippen molar-refractivity contribution in [2.75, 3.05) is 6.67 Å². The molecule has 1 fully saturated rings. The van der Waals surface area contributed by atoms with Crippen LogP contribution in [0.5, 0.6) is 0 Å². The van der Waals surface area contributed by atoms with Crippen molar-refractivity contribution >= 4 is 0 Å². The Labute approximate surface area is 93.6 Å². The van der Waals surface area contributed by atoms with Gasteiger partial charge in [0, 0.05) is 6.92 Å². The number of alkyl halides is 9. The first-order valence-electron chi connectivity index (χ1n) is 4.20. The van der Waals surface area contributed by atoms with Crippen LogP contribution < -0.4 is 0 Å². The van der Waals surface area contributed by atoms with Crippen LogP contribution in [0, 0.1) is 0 Å². The molecule has 1 aliphatic rings. The minimum absolute atomic E-state index is 0.274. The Balaban J connectivity index is 3.26. The molecule has 1 saturated heterocycles. The molecule has 0 aliphatic carbocycles. The van der Waals surface area contributed by atoms with Crippen molar-refractivity contribution < 1.29 is 49.0 Å². The normalized spacial score (nSPS) is 42.3. The zero-order valence-corrected chi connectivity index (χ0v) is 8.43. The molecule has 0 radical (unpaired) electrons. The van der Waals surface area contributed by atoms with Gasteiger partial charge < -0.3 is 0 Å². The van der Waals surface area contributed by atoms with Gasteiger partial charge in [0.2, 0.25) is 0 Å². The predicted octanol–water partition coefficient (Wildman–Crippen LogP) is 3.18. The number of rotatable bonds is 2. The van der Waals surface area contributed by atoms with E-state index in [4.69, 9.17) is 0 Å². The smallest absolute Gasteiger partial charge is 0.273 e. The second-order valence-electron chi connectivity index (χ2n) is 3.59. The lowest BCUT2D eigenvalue weighted by atomic mass is 10.0. The molecule has 0 bridgehead atoms. The van der Waals surface area contributed by atoms with Crippen LogP contribution in [0.3, 0.4) is 0 Å². The standard InChI is InChI=1S/C7H5F9O2/c1-3(9)5(12,4(10,11)2-8)18-7(16,17-3)6(13,14)15/h2H2,1H3. The lowest BCUT2D eigenvalue weighted by molar-refractivity contribution is -0.433. The molecular formula is C7H5F9O2. The van der Waals surface area contributed by atoms with E-state index in [0.717, 1.165) is 0 Å². The van der Waals surface area contributed by atoms with Crippen LogP contribution in [0.25, 0.3) is 0 Å². The Morgan fingerprint density at radius 3 is 1.67 bits per heavy atom. The summed E-state index contributed by atoms with van der Waals surface area (Å²) in [4.78, 5) is 0. The summed E-state index contributed by atoms with van der Waals surface area (Å²) in [5, 5.41) is 0. The Hall–Kier alpha value is -0.710. The Morgan fingerprint density at radius 2 is 1.39 bits per heavy atom. The van der Waals surface area contributed by atoms with Crippen LogP contribution in [0.4, 0.5) is 39.5 Å². The highest BCUT2D eigenvalue weighted by Gasteiger charge is 2.83. The maximum absolute atomic E-state index is 13.4. The van der Waals surface area contributed by atoms with Crippen molar-refractivity contribution in [2.24, 2.45) is 0 Å². The molecule has 3 atom stereocenters. The first-order valence-corrected chi connectivity index (χ1v) is 4.20. The molecule has 2 nitrogen and oxygen atoms in total. The van der Waals surface area contributed by atoms with Gasteiger partial charge in [0.25, 0.3) is 5.85 Å². The van der Waals surface area contributed by atoms with E-state index >= 15 is 0 Å². The van der Waals surface area contributed by atoms with Gasteiger partial charge in [0.1, 0.15) is 0 Å². The summed E-state index contributed by atoms with van der Waals surface area (Å²) in [6.45, 7) is -3.19. The molecule has 3 unspecified atom stereocenters. The van der Waals surface area contributed by atoms with Crippen LogP contribution in [0.1, 0.15) is 6.92 Å². The fraction of sp³-hybridized carbons (Fsp3) is 1.00. The number of halogens is 9. The van der Waals surface area contributed by atoms with Gasteiger partial charge in [-0.1, -0.05) is 0 Å². The van der Waals surface area contributed by atoms with E-state index in [2.05, 4.69) is 9.47 Å². The van der Waals surface area contributed by atoms with Crippen LogP contribution in [-0.4, -0.2) is 36.5 Å². The van der Waals surface area contributed by atoms with Crippen molar-refractivity contribution in [3.05, 3.63) is 0 Å². The van der Waals surface area contributed by atoms with E-state index in [-0.39, 0.29) is 6.92 Å². The molecule has 108 valence electrons. The van der Waals surface area contributed by atoms with Gasteiger partial charge in [-0.25, -0.2) is 8.78 Å². The monoisotopic (exact) mass is 292 g/mol. The predicted molar refractivity (Wildman–Crippen MR) is 36.3 cm³/mol. The number of ether oxygens (including phenoxy) is 2. The summed E-state index contributed by atoms with van der Waals surface area (Å²) >= 11 is 0. The van der Waals surface area contributed by atoms with Gasteiger partial charge >= 0.3 is 24.0 Å². The molecule has 1 rings (SSSR count). The molecule has 0 saturated carbocycles. The quantitative estimate of drug-likeness (QED) is 0.728. The van der Waals surface area contributed by atoms with Crippen molar-refractivity contribution in [3.63, 3.8) is 0 Å². The fourth-order valence-electron chi connectivity index (χ4n) is 1.21. The van der Waals surface area contributed by atoms with E-state index in [0.29, 0.717) is 0 Å². The van der Waals surface area contributed by atoms with Gasteiger partial charge in [-0.2, -0.15) is 30.7 Å². The molecule has 1 aliphatic heterocycles. The number of hydrogen-bond acceptors (Lipinski definition) is 2. The summed E-state index contributed by atoms with van der Waals surface area (Å²) in [7, 11) is 0. The Bertz CT molecular complexity index is 340. The number of hydrogen-bond donors (Lipinski definition) is 0. The second-order valence-corrected chi connectivity index (χ2v) is 3.59. The molecule has 0 amide bonds. The maximum atomic E-state index is 13.4. The summed E-state index contributed by atoms with van der Waals surface area (Å²) in [5.41, 5.74) is 0. The van der Waals surface area contributed by atoms with Gasteiger partial charge in [0.15, 0.2) is 6.67 Å². The topological polar surface area (TPSA) is 18.5 Å². The molecule has 0 N–H and O–H groups in total. The molecule has 0 aromatic carbocycles. The van der Waals surface area contributed by atoms with E-state index in [1.165, 1.54) is 0 Å². The third-order valence-electron chi connectivity index (χ3n) is 2.15. The van der Waals surface area contributed by atoms with Crippen molar-refractivity contribution in [1.82, 2.24) is 0 Å². The molecule has 0 aromatic heterocycles. The Morgan fingerprint density at radius 1 is 0.944 bits per heavy atom. The van der Waals surface area contributed by atoms with Gasteiger partial charge in [-0.3, -0.25) is 9.47 Å². The molecular weight excluding hydrogens is 287 g/mol. The zero-order valence-electron chi connectivity index (χ0n) is 8.43. The highest BCUT2D eigenvalue weighted by molar-refractivity contribution is 5.02. The molecule has 0 aromatic rings. The minimum Gasteiger partial charge on any atom is -0.273 e. The third-order valence-corrected chi connectivity index (χ3v) is 2.15. The summed E-state index contributed by atoms with van der Waals surface area (Å²) < 4.78 is 119. The highest BCUT2D eigenvalue weighted by atomic mass is 19.4. The van der Waals surface area contributed by atoms with Crippen LogP contribution in [0.2, 0.25) is 0 Å². The van der Waals surface area contributed by atoms with Crippen molar-refractivity contribution in [2.45, 2.75) is 36.8 Å². The maximum Gasteiger partial charge on any atom is 0.478 e. The SMILES string of the molecule is CC1(F)OC(F)(C(F)(F)F)OC1(F)C(F)(F)CF. The average Bonchev–Trinajstić information content (AvgIpc) is 2.33. The van der Waals surface area contributed by atoms with Gasteiger partial charge in [0.05, 0.1) is 0 Å². The summed E-state index contributed by atoms with van der Waals surface area (Å²) in [6.07, 6.45) is -6.15. The zero-order chi connectivity index (χ0) is 14.6. The van der Waals surface area contributed by atoms with Crippen LogP contribution >= 0.6 is 0 Å². The Kier molecular flexibility index (Phi) is 3.11. The van der Waals surface area contributed by atoms with E-state index in [9.17, 15) is 39.5 Å². The lowest BCUT2D eigenvalue weighted by Gasteiger charge is -2.31. The summed E-state index contributed by atoms with van der Waals surface area (Å²) in [6, 6.07) is -5.44. The second kappa shape index (κ2) is 3.65. The first-order chi connectivity index (χ1) is 7.72. The largest absolute Gasteiger partial charge is 0.478 e.